The summed E-state index contributed by atoms with van der Waals surface area (Å²) in [5, 5.41) is 10.5. The predicted molar refractivity (Wildman–Crippen MR) is 67.4 cm³/mol. The Morgan fingerprint density at radius 3 is 2.19 bits per heavy atom. The van der Waals surface area contributed by atoms with Crippen molar-refractivity contribution >= 4 is 0 Å². The van der Waals surface area contributed by atoms with E-state index >= 15 is 0 Å². The average Bonchev–Trinajstić information content (AvgIpc) is 2.54. The van der Waals surface area contributed by atoms with Crippen LogP contribution in [0.3, 0.4) is 0 Å². The molecule has 0 radical (unpaired) electrons. The van der Waals surface area contributed by atoms with Crippen LogP contribution in [0.15, 0.2) is 30.3 Å². The number of aryl methyl sites for hydroxylation is 1. The summed E-state index contributed by atoms with van der Waals surface area (Å²) < 4.78 is 0. The zero-order valence-electron chi connectivity index (χ0n) is 9.99. The molecule has 1 aromatic carbocycles. The lowest BCUT2D eigenvalue weighted by Crippen LogP contribution is -2.28. The molecule has 1 saturated carbocycles. The van der Waals surface area contributed by atoms with E-state index in [0.29, 0.717) is 0 Å². The molecule has 0 atom stereocenters. The van der Waals surface area contributed by atoms with Crippen LogP contribution in [0.1, 0.15) is 50.5 Å². The van der Waals surface area contributed by atoms with Gasteiger partial charge in [-0.05, 0) is 31.2 Å². The largest absolute Gasteiger partial charge is 0.390 e. The number of benzene rings is 1. The van der Waals surface area contributed by atoms with Gasteiger partial charge in [0.2, 0.25) is 0 Å². The van der Waals surface area contributed by atoms with Gasteiger partial charge in [-0.2, -0.15) is 0 Å². The van der Waals surface area contributed by atoms with Gasteiger partial charge in [-0.25, -0.2) is 0 Å². The molecular formula is C15H22O. The standard InChI is InChI=1S/C15H22O/c16-15(11-6-1-2-7-12-15)13-10-14-8-4-3-5-9-14/h3-5,8-9,16H,1-2,6-7,10-13H2. The van der Waals surface area contributed by atoms with Crippen molar-refractivity contribution < 1.29 is 5.11 Å². The second kappa shape index (κ2) is 5.49. The summed E-state index contributed by atoms with van der Waals surface area (Å²) in [6.07, 6.45) is 8.94. The van der Waals surface area contributed by atoms with Gasteiger partial charge in [0.1, 0.15) is 0 Å². The minimum atomic E-state index is -0.383. The fraction of sp³-hybridized carbons (Fsp3) is 0.600. The Labute approximate surface area is 98.5 Å². The highest BCUT2D eigenvalue weighted by Gasteiger charge is 2.27. The predicted octanol–water partition coefficient (Wildman–Crippen LogP) is 3.70. The monoisotopic (exact) mass is 218 g/mol. The van der Waals surface area contributed by atoms with Gasteiger partial charge in [-0.3, -0.25) is 0 Å². The van der Waals surface area contributed by atoms with E-state index in [-0.39, 0.29) is 5.60 Å². The molecule has 1 aliphatic rings. The van der Waals surface area contributed by atoms with E-state index in [1.54, 1.807) is 0 Å². The molecule has 0 saturated heterocycles. The molecule has 0 heterocycles. The second-order valence-electron chi connectivity index (χ2n) is 5.12. The van der Waals surface area contributed by atoms with E-state index < -0.39 is 0 Å². The Kier molecular flexibility index (Phi) is 4.00. The van der Waals surface area contributed by atoms with Gasteiger partial charge in [0, 0.05) is 0 Å². The van der Waals surface area contributed by atoms with Crippen molar-refractivity contribution in [2.75, 3.05) is 0 Å². The fourth-order valence-electron chi connectivity index (χ4n) is 2.66. The lowest BCUT2D eigenvalue weighted by molar-refractivity contribution is 0.0167. The Balaban J connectivity index is 1.88. The first-order valence-electron chi connectivity index (χ1n) is 6.55. The third-order valence-corrected chi connectivity index (χ3v) is 3.76. The van der Waals surface area contributed by atoms with Crippen molar-refractivity contribution in [3.05, 3.63) is 35.9 Å². The van der Waals surface area contributed by atoms with Gasteiger partial charge in [0.15, 0.2) is 0 Å². The van der Waals surface area contributed by atoms with E-state index in [9.17, 15) is 5.11 Å². The van der Waals surface area contributed by atoms with Crippen LogP contribution in [-0.4, -0.2) is 10.7 Å². The third kappa shape index (κ3) is 3.34. The summed E-state index contributed by atoms with van der Waals surface area (Å²) in [7, 11) is 0. The molecule has 0 aliphatic heterocycles. The topological polar surface area (TPSA) is 20.2 Å². The Morgan fingerprint density at radius 2 is 1.56 bits per heavy atom. The van der Waals surface area contributed by atoms with Crippen LogP contribution >= 0.6 is 0 Å². The lowest BCUT2D eigenvalue weighted by atomic mass is 9.88. The third-order valence-electron chi connectivity index (χ3n) is 3.76. The molecule has 1 nitrogen and oxygen atoms in total. The number of aliphatic hydroxyl groups is 1. The van der Waals surface area contributed by atoms with Crippen LogP contribution < -0.4 is 0 Å². The van der Waals surface area contributed by atoms with E-state index in [1.165, 1.54) is 31.2 Å². The first kappa shape index (κ1) is 11.7. The van der Waals surface area contributed by atoms with Crippen LogP contribution in [0.2, 0.25) is 0 Å². The van der Waals surface area contributed by atoms with Crippen LogP contribution in [0.25, 0.3) is 0 Å². The first-order chi connectivity index (χ1) is 7.79. The van der Waals surface area contributed by atoms with E-state index in [2.05, 4.69) is 24.3 Å². The maximum Gasteiger partial charge on any atom is 0.0651 e. The number of hydrogen-bond donors (Lipinski definition) is 1. The van der Waals surface area contributed by atoms with Gasteiger partial charge in [0.25, 0.3) is 0 Å². The quantitative estimate of drug-likeness (QED) is 0.767. The molecule has 16 heavy (non-hydrogen) atoms. The van der Waals surface area contributed by atoms with E-state index in [0.717, 1.165) is 25.7 Å². The maximum atomic E-state index is 10.5. The van der Waals surface area contributed by atoms with Crippen LogP contribution in [0.5, 0.6) is 0 Å². The molecule has 0 bridgehead atoms. The minimum Gasteiger partial charge on any atom is -0.390 e. The van der Waals surface area contributed by atoms with Gasteiger partial charge in [-0.1, -0.05) is 56.0 Å². The maximum absolute atomic E-state index is 10.5. The molecular weight excluding hydrogens is 196 g/mol. The minimum absolute atomic E-state index is 0.383. The molecule has 88 valence electrons. The van der Waals surface area contributed by atoms with Crippen molar-refractivity contribution in [3.63, 3.8) is 0 Å². The highest BCUT2D eigenvalue weighted by molar-refractivity contribution is 5.15. The van der Waals surface area contributed by atoms with Crippen LogP contribution in [0.4, 0.5) is 0 Å². The average molecular weight is 218 g/mol. The first-order valence-corrected chi connectivity index (χ1v) is 6.55. The van der Waals surface area contributed by atoms with Crippen molar-refractivity contribution in [2.24, 2.45) is 0 Å². The van der Waals surface area contributed by atoms with Gasteiger partial charge >= 0.3 is 0 Å². The Hall–Kier alpha value is -0.820. The molecule has 0 unspecified atom stereocenters. The van der Waals surface area contributed by atoms with Crippen molar-refractivity contribution in [1.82, 2.24) is 0 Å². The summed E-state index contributed by atoms with van der Waals surface area (Å²) >= 11 is 0. The van der Waals surface area contributed by atoms with Crippen molar-refractivity contribution in [3.8, 4) is 0 Å². The van der Waals surface area contributed by atoms with Crippen molar-refractivity contribution in [2.45, 2.75) is 57.0 Å². The molecule has 0 aromatic heterocycles. The SMILES string of the molecule is OC1(CCc2ccccc2)CCCCCC1. The number of rotatable bonds is 3. The van der Waals surface area contributed by atoms with Gasteiger partial charge in [-0.15, -0.1) is 0 Å². The molecule has 0 spiro atoms. The molecule has 0 amide bonds. The second-order valence-corrected chi connectivity index (χ2v) is 5.12. The van der Waals surface area contributed by atoms with E-state index in [4.69, 9.17) is 0 Å². The van der Waals surface area contributed by atoms with Crippen LogP contribution in [0, 0.1) is 0 Å². The highest BCUT2D eigenvalue weighted by Crippen LogP contribution is 2.30. The molecule has 2 rings (SSSR count). The zero-order valence-corrected chi connectivity index (χ0v) is 9.99. The zero-order chi connectivity index (χ0) is 11.3. The summed E-state index contributed by atoms with van der Waals surface area (Å²) in [4.78, 5) is 0. The molecule has 1 N–H and O–H groups in total. The Morgan fingerprint density at radius 1 is 0.938 bits per heavy atom. The summed E-state index contributed by atoms with van der Waals surface area (Å²) in [6, 6.07) is 10.5. The molecule has 1 aliphatic carbocycles. The highest BCUT2D eigenvalue weighted by atomic mass is 16.3. The normalized spacial score (nSPS) is 20.3. The molecule has 1 fully saturated rings. The summed E-state index contributed by atoms with van der Waals surface area (Å²) in [6.45, 7) is 0. The molecule has 1 aromatic rings. The summed E-state index contributed by atoms with van der Waals surface area (Å²) in [5.74, 6) is 0. The number of hydrogen-bond acceptors (Lipinski definition) is 1. The van der Waals surface area contributed by atoms with Crippen LogP contribution in [-0.2, 0) is 6.42 Å². The smallest absolute Gasteiger partial charge is 0.0651 e. The van der Waals surface area contributed by atoms with Crippen molar-refractivity contribution in [1.29, 1.82) is 0 Å². The van der Waals surface area contributed by atoms with Gasteiger partial charge in [0.05, 0.1) is 5.60 Å². The van der Waals surface area contributed by atoms with Gasteiger partial charge < -0.3 is 5.11 Å². The lowest BCUT2D eigenvalue weighted by Gasteiger charge is -2.26. The fourth-order valence-corrected chi connectivity index (χ4v) is 2.66. The molecule has 1 heteroatoms. The summed E-state index contributed by atoms with van der Waals surface area (Å²) in [5.41, 5.74) is 0.965. The van der Waals surface area contributed by atoms with E-state index in [1.807, 2.05) is 6.07 Å². The Bertz CT molecular complexity index is 296.